The Labute approximate surface area is 130 Å². The maximum Gasteiger partial charge on any atom is 0.0469 e. The molecule has 1 aliphatic heterocycles. The fourth-order valence-corrected chi connectivity index (χ4v) is 3.18. The van der Waals surface area contributed by atoms with E-state index in [0.717, 1.165) is 36.6 Å². The number of rotatable bonds is 5. The summed E-state index contributed by atoms with van der Waals surface area (Å²) >= 11 is 3.58. The molecule has 1 saturated heterocycles. The first kappa shape index (κ1) is 15.8. The molecule has 3 nitrogen and oxygen atoms in total. The van der Waals surface area contributed by atoms with Gasteiger partial charge in [0.25, 0.3) is 0 Å². The predicted octanol–water partition coefficient (Wildman–Crippen LogP) is 3.20. The van der Waals surface area contributed by atoms with E-state index in [0.29, 0.717) is 0 Å². The van der Waals surface area contributed by atoms with Crippen molar-refractivity contribution in [1.82, 2.24) is 0 Å². The zero-order valence-electron chi connectivity index (χ0n) is 12.4. The van der Waals surface area contributed by atoms with Crippen LogP contribution in [0.5, 0.6) is 0 Å². The summed E-state index contributed by atoms with van der Waals surface area (Å²) in [5, 5.41) is 0. The number of nitrogens with zero attached hydrogens (tertiary/aromatic N) is 1. The topological polar surface area (TPSA) is 38.5 Å². The molecule has 112 valence electrons. The van der Waals surface area contributed by atoms with Gasteiger partial charge in [-0.3, -0.25) is 0 Å². The van der Waals surface area contributed by atoms with Crippen LogP contribution in [-0.2, 0) is 11.2 Å². The van der Waals surface area contributed by atoms with Crippen molar-refractivity contribution in [3.8, 4) is 0 Å². The molecule has 0 spiro atoms. The summed E-state index contributed by atoms with van der Waals surface area (Å²) in [7, 11) is 2.18. The molecule has 1 fully saturated rings. The van der Waals surface area contributed by atoms with Crippen LogP contribution in [0.15, 0.2) is 22.7 Å². The Balaban J connectivity index is 2.10. The lowest BCUT2D eigenvalue weighted by molar-refractivity contribution is 0.0685. The highest BCUT2D eigenvalue weighted by molar-refractivity contribution is 9.10. The molecule has 2 rings (SSSR count). The van der Waals surface area contributed by atoms with Crippen LogP contribution >= 0.6 is 15.9 Å². The molecule has 0 saturated carbocycles. The van der Waals surface area contributed by atoms with Gasteiger partial charge in [0.2, 0.25) is 0 Å². The zero-order valence-corrected chi connectivity index (χ0v) is 14.0. The molecule has 0 bridgehead atoms. The van der Waals surface area contributed by atoms with Crippen molar-refractivity contribution in [1.29, 1.82) is 0 Å². The average Bonchev–Trinajstić information content (AvgIpc) is 2.41. The summed E-state index contributed by atoms with van der Waals surface area (Å²) in [6.45, 7) is 4.96. The Morgan fingerprint density at radius 3 is 2.75 bits per heavy atom. The molecule has 0 aliphatic carbocycles. The average molecular weight is 341 g/mol. The van der Waals surface area contributed by atoms with Gasteiger partial charge in [-0.2, -0.15) is 0 Å². The monoisotopic (exact) mass is 340 g/mol. The molecule has 4 heteroatoms. The van der Waals surface area contributed by atoms with Crippen LogP contribution in [0, 0.1) is 5.92 Å². The van der Waals surface area contributed by atoms with Crippen molar-refractivity contribution in [3.05, 3.63) is 28.2 Å². The molecule has 0 amide bonds. The zero-order chi connectivity index (χ0) is 14.5. The molecule has 1 aromatic carbocycles. The van der Waals surface area contributed by atoms with Crippen molar-refractivity contribution in [2.45, 2.75) is 32.2 Å². The van der Waals surface area contributed by atoms with Gasteiger partial charge in [-0.25, -0.2) is 0 Å². The lowest BCUT2D eigenvalue weighted by Crippen LogP contribution is -2.30. The van der Waals surface area contributed by atoms with Crippen molar-refractivity contribution >= 4 is 21.6 Å². The first-order valence-electron chi connectivity index (χ1n) is 7.39. The Morgan fingerprint density at radius 1 is 1.40 bits per heavy atom. The number of anilines is 1. The van der Waals surface area contributed by atoms with Crippen molar-refractivity contribution in [2.75, 3.05) is 31.7 Å². The number of nitrogens with two attached hydrogens (primary N) is 1. The molecule has 2 N–H and O–H groups in total. The van der Waals surface area contributed by atoms with Crippen LogP contribution in [0.25, 0.3) is 0 Å². The highest BCUT2D eigenvalue weighted by Gasteiger charge is 2.18. The predicted molar refractivity (Wildman–Crippen MR) is 88.3 cm³/mol. The summed E-state index contributed by atoms with van der Waals surface area (Å²) in [6, 6.07) is 6.68. The van der Waals surface area contributed by atoms with Crippen LogP contribution in [0.4, 0.5) is 5.69 Å². The van der Waals surface area contributed by atoms with Crippen molar-refractivity contribution < 1.29 is 4.74 Å². The van der Waals surface area contributed by atoms with Gasteiger partial charge in [0.15, 0.2) is 0 Å². The van der Waals surface area contributed by atoms with Crippen LogP contribution < -0.4 is 10.6 Å². The van der Waals surface area contributed by atoms with Gasteiger partial charge >= 0.3 is 0 Å². The number of halogens is 1. The van der Waals surface area contributed by atoms with E-state index in [1.807, 2.05) is 0 Å². The highest BCUT2D eigenvalue weighted by atomic mass is 79.9. The summed E-state index contributed by atoms with van der Waals surface area (Å²) in [4.78, 5) is 2.37. The van der Waals surface area contributed by atoms with E-state index in [9.17, 15) is 0 Å². The van der Waals surface area contributed by atoms with Gasteiger partial charge in [-0.15, -0.1) is 0 Å². The standard InChI is InChI=1S/C16H25BrN2O/c1-12(18)9-14-3-4-15(17)10-16(14)19(2)11-13-5-7-20-8-6-13/h3-4,10,12-13H,5-9,11,18H2,1-2H3. The lowest BCUT2D eigenvalue weighted by Gasteiger charge is -2.30. The second-order valence-electron chi connectivity index (χ2n) is 5.89. The normalized spacial score (nSPS) is 18.0. The maximum absolute atomic E-state index is 5.97. The Hall–Kier alpha value is -0.580. The minimum Gasteiger partial charge on any atom is -0.381 e. The number of benzene rings is 1. The van der Waals surface area contributed by atoms with E-state index >= 15 is 0 Å². The SMILES string of the molecule is CC(N)Cc1ccc(Br)cc1N(C)CC1CCOCC1. The van der Waals surface area contributed by atoms with Crippen LogP contribution in [0.3, 0.4) is 0 Å². The van der Waals surface area contributed by atoms with Gasteiger partial charge in [-0.1, -0.05) is 22.0 Å². The van der Waals surface area contributed by atoms with E-state index in [1.165, 1.54) is 24.1 Å². The first-order chi connectivity index (χ1) is 9.56. The third-order valence-electron chi connectivity index (χ3n) is 3.87. The quantitative estimate of drug-likeness (QED) is 0.894. The Kier molecular flexibility index (Phi) is 5.87. The lowest BCUT2D eigenvalue weighted by atomic mass is 9.98. The van der Waals surface area contributed by atoms with Gasteiger partial charge in [0.05, 0.1) is 0 Å². The summed E-state index contributed by atoms with van der Waals surface area (Å²) in [6.07, 6.45) is 3.25. The number of ether oxygens (including phenoxy) is 1. The van der Waals surface area contributed by atoms with Gasteiger partial charge in [0, 0.05) is 43.0 Å². The third kappa shape index (κ3) is 4.47. The Bertz CT molecular complexity index is 430. The fourth-order valence-electron chi connectivity index (χ4n) is 2.83. The van der Waals surface area contributed by atoms with Gasteiger partial charge in [-0.05, 0) is 49.8 Å². The molecular formula is C16H25BrN2O. The summed E-state index contributed by atoms with van der Waals surface area (Å²) in [5.41, 5.74) is 8.59. The highest BCUT2D eigenvalue weighted by Crippen LogP contribution is 2.27. The third-order valence-corrected chi connectivity index (χ3v) is 4.37. The number of hydrogen-bond donors (Lipinski definition) is 1. The minimum atomic E-state index is 0.186. The second-order valence-corrected chi connectivity index (χ2v) is 6.81. The molecule has 0 aromatic heterocycles. The van der Waals surface area contributed by atoms with Gasteiger partial charge in [0.1, 0.15) is 0 Å². The molecule has 1 aliphatic rings. The fraction of sp³-hybridized carbons (Fsp3) is 0.625. The molecule has 1 unspecified atom stereocenters. The maximum atomic E-state index is 5.97. The molecule has 0 radical (unpaired) electrons. The Morgan fingerprint density at radius 2 is 2.10 bits per heavy atom. The van der Waals surface area contributed by atoms with E-state index in [2.05, 4.69) is 53.0 Å². The summed E-state index contributed by atoms with van der Waals surface area (Å²) < 4.78 is 6.56. The van der Waals surface area contributed by atoms with Crippen molar-refractivity contribution in [2.24, 2.45) is 11.7 Å². The van der Waals surface area contributed by atoms with Crippen LogP contribution in [-0.4, -0.2) is 32.8 Å². The van der Waals surface area contributed by atoms with E-state index in [-0.39, 0.29) is 6.04 Å². The van der Waals surface area contributed by atoms with Crippen LogP contribution in [0.2, 0.25) is 0 Å². The van der Waals surface area contributed by atoms with E-state index < -0.39 is 0 Å². The molecule has 1 heterocycles. The molecule has 1 atom stereocenters. The summed E-state index contributed by atoms with van der Waals surface area (Å²) in [5.74, 6) is 0.732. The van der Waals surface area contributed by atoms with E-state index in [4.69, 9.17) is 10.5 Å². The second kappa shape index (κ2) is 7.43. The molecule has 1 aromatic rings. The van der Waals surface area contributed by atoms with Crippen molar-refractivity contribution in [3.63, 3.8) is 0 Å². The largest absolute Gasteiger partial charge is 0.381 e. The molecule has 20 heavy (non-hydrogen) atoms. The molecular weight excluding hydrogens is 316 g/mol. The van der Waals surface area contributed by atoms with Crippen LogP contribution in [0.1, 0.15) is 25.3 Å². The van der Waals surface area contributed by atoms with E-state index in [1.54, 1.807) is 0 Å². The van der Waals surface area contributed by atoms with Gasteiger partial charge < -0.3 is 15.4 Å². The minimum absolute atomic E-state index is 0.186. The smallest absolute Gasteiger partial charge is 0.0469 e. The number of hydrogen-bond acceptors (Lipinski definition) is 3. The first-order valence-corrected chi connectivity index (χ1v) is 8.18.